The molecule has 2 saturated heterocycles. The SMILES string of the molecule is CCCN1CCC[C@]2(CCN(CCn3ccnc3C)C2)C1=O. The molecule has 1 aromatic heterocycles. The van der Waals surface area contributed by atoms with Crippen LogP contribution in [0.5, 0.6) is 0 Å². The average Bonchev–Trinajstić information content (AvgIpc) is 3.10. The van der Waals surface area contributed by atoms with Crippen molar-refractivity contribution in [2.24, 2.45) is 5.41 Å². The third kappa shape index (κ3) is 2.91. The Hall–Kier alpha value is -1.36. The third-order valence-electron chi connectivity index (χ3n) is 5.33. The Morgan fingerprint density at radius 3 is 2.82 bits per heavy atom. The molecule has 0 aliphatic carbocycles. The number of aromatic nitrogens is 2. The lowest BCUT2D eigenvalue weighted by molar-refractivity contribution is -0.145. The summed E-state index contributed by atoms with van der Waals surface area (Å²) in [5, 5.41) is 0. The smallest absolute Gasteiger partial charge is 0.230 e. The maximum absolute atomic E-state index is 12.9. The molecule has 1 spiro atoms. The molecular formula is C17H28N4O. The summed E-state index contributed by atoms with van der Waals surface area (Å²) < 4.78 is 2.19. The van der Waals surface area contributed by atoms with Crippen molar-refractivity contribution in [1.29, 1.82) is 0 Å². The van der Waals surface area contributed by atoms with Gasteiger partial charge < -0.3 is 14.4 Å². The summed E-state index contributed by atoms with van der Waals surface area (Å²) in [5.41, 5.74) is -0.0859. The van der Waals surface area contributed by atoms with Crippen LogP contribution in [-0.4, -0.2) is 58.0 Å². The quantitative estimate of drug-likeness (QED) is 0.834. The predicted octanol–water partition coefficient (Wildman–Crippen LogP) is 1.92. The van der Waals surface area contributed by atoms with Gasteiger partial charge in [0.1, 0.15) is 5.82 Å². The zero-order valence-corrected chi connectivity index (χ0v) is 13.9. The number of nitrogens with zero attached hydrogens (tertiary/aromatic N) is 4. The second-order valence-electron chi connectivity index (χ2n) is 6.87. The van der Waals surface area contributed by atoms with Crippen LogP contribution in [0, 0.1) is 12.3 Å². The zero-order chi connectivity index (χ0) is 15.6. The molecule has 2 aliphatic rings. The maximum Gasteiger partial charge on any atom is 0.230 e. The zero-order valence-electron chi connectivity index (χ0n) is 13.9. The van der Waals surface area contributed by atoms with Crippen molar-refractivity contribution >= 4 is 5.91 Å². The normalized spacial score (nSPS) is 26.3. The van der Waals surface area contributed by atoms with Gasteiger partial charge in [0.15, 0.2) is 0 Å². The number of imidazole rings is 1. The Bertz CT molecular complexity index is 524. The third-order valence-corrected chi connectivity index (χ3v) is 5.33. The molecule has 5 nitrogen and oxygen atoms in total. The number of carbonyl (C=O) groups excluding carboxylic acids is 1. The van der Waals surface area contributed by atoms with Crippen LogP contribution in [0.25, 0.3) is 0 Å². The van der Waals surface area contributed by atoms with E-state index in [1.54, 1.807) is 0 Å². The van der Waals surface area contributed by atoms with Crippen LogP contribution in [0.15, 0.2) is 12.4 Å². The molecule has 1 aromatic rings. The second-order valence-corrected chi connectivity index (χ2v) is 6.87. The van der Waals surface area contributed by atoms with E-state index in [1.165, 1.54) is 6.42 Å². The van der Waals surface area contributed by atoms with Gasteiger partial charge in [-0.25, -0.2) is 4.98 Å². The standard InChI is InChI=1S/C17H28N4O/c1-3-8-21-9-4-5-17(16(21)22)6-10-19(14-17)12-13-20-11-7-18-15(20)2/h7,11H,3-6,8-10,12-14H2,1-2H3/t17-/m1/s1. The Labute approximate surface area is 133 Å². The van der Waals surface area contributed by atoms with E-state index >= 15 is 0 Å². The summed E-state index contributed by atoms with van der Waals surface area (Å²) in [6.07, 6.45) is 8.23. The highest BCUT2D eigenvalue weighted by Crippen LogP contribution is 2.40. The highest BCUT2D eigenvalue weighted by Gasteiger charge is 2.47. The molecule has 22 heavy (non-hydrogen) atoms. The van der Waals surface area contributed by atoms with Gasteiger partial charge in [0, 0.05) is 45.1 Å². The number of hydrogen-bond acceptors (Lipinski definition) is 3. The van der Waals surface area contributed by atoms with E-state index in [4.69, 9.17) is 0 Å². The molecule has 0 aromatic carbocycles. The van der Waals surface area contributed by atoms with Crippen LogP contribution >= 0.6 is 0 Å². The molecule has 2 aliphatic heterocycles. The fraction of sp³-hybridized carbons (Fsp3) is 0.765. The van der Waals surface area contributed by atoms with E-state index in [-0.39, 0.29) is 5.41 Å². The molecule has 0 saturated carbocycles. The number of rotatable bonds is 5. The number of hydrogen-bond donors (Lipinski definition) is 0. The van der Waals surface area contributed by atoms with Crippen molar-refractivity contribution in [2.75, 3.05) is 32.7 Å². The lowest BCUT2D eigenvalue weighted by Gasteiger charge is -2.39. The van der Waals surface area contributed by atoms with Gasteiger partial charge >= 0.3 is 0 Å². The fourth-order valence-corrected chi connectivity index (χ4v) is 4.05. The molecule has 0 bridgehead atoms. The molecule has 2 fully saturated rings. The minimum Gasteiger partial charge on any atom is -0.342 e. The van der Waals surface area contributed by atoms with Crippen molar-refractivity contribution < 1.29 is 4.79 Å². The van der Waals surface area contributed by atoms with Gasteiger partial charge in [0.05, 0.1) is 5.41 Å². The number of aryl methyl sites for hydroxylation is 1. The Balaban J connectivity index is 1.58. The molecule has 0 unspecified atom stereocenters. The molecule has 0 radical (unpaired) electrons. The van der Waals surface area contributed by atoms with E-state index in [0.29, 0.717) is 5.91 Å². The first-order valence-corrected chi connectivity index (χ1v) is 8.64. The second kappa shape index (κ2) is 6.41. The van der Waals surface area contributed by atoms with Crippen LogP contribution in [0.3, 0.4) is 0 Å². The highest BCUT2D eigenvalue weighted by molar-refractivity contribution is 5.84. The first-order valence-electron chi connectivity index (χ1n) is 8.64. The van der Waals surface area contributed by atoms with E-state index in [0.717, 1.165) is 64.4 Å². The van der Waals surface area contributed by atoms with E-state index in [9.17, 15) is 4.79 Å². The van der Waals surface area contributed by atoms with E-state index in [2.05, 4.69) is 26.3 Å². The van der Waals surface area contributed by atoms with Gasteiger partial charge in [0.2, 0.25) is 5.91 Å². The van der Waals surface area contributed by atoms with Crippen molar-refractivity contribution in [1.82, 2.24) is 19.4 Å². The highest BCUT2D eigenvalue weighted by atomic mass is 16.2. The summed E-state index contributed by atoms with van der Waals surface area (Å²) >= 11 is 0. The van der Waals surface area contributed by atoms with Gasteiger partial charge in [-0.3, -0.25) is 4.79 Å². The van der Waals surface area contributed by atoms with Crippen molar-refractivity contribution in [3.8, 4) is 0 Å². The van der Waals surface area contributed by atoms with Crippen molar-refractivity contribution in [2.45, 2.75) is 46.1 Å². The molecule has 3 rings (SSSR count). The van der Waals surface area contributed by atoms with Gasteiger partial charge in [-0.15, -0.1) is 0 Å². The van der Waals surface area contributed by atoms with Gasteiger partial charge in [-0.1, -0.05) is 6.92 Å². The minimum atomic E-state index is -0.0859. The minimum absolute atomic E-state index is 0.0859. The van der Waals surface area contributed by atoms with E-state index in [1.807, 2.05) is 19.3 Å². The molecule has 1 atom stereocenters. The first kappa shape index (κ1) is 15.5. The maximum atomic E-state index is 12.9. The predicted molar refractivity (Wildman–Crippen MR) is 86.6 cm³/mol. The Kier molecular flexibility index (Phi) is 4.52. The molecule has 5 heteroatoms. The number of carbonyl (C=O) groups is 1. The van der Waals surface area contributed by atoms with E-state index < -0.39 is 0 Å². The molecule has 3 heterocycles. The van der Waals surface area contributed by atoms with Crippen molar-refractivity contribution in [3.05, 3.63) is 18.2 Å². The summed E-state index contributed by atoms with van der Waals surface area (Å²) in [6, 6.07) is 0. The van der Waals surface area contributed by atoms with Gasteiger partial charge in [-0.05, 0) is 39.2 Å². The largest absolute Gasteiger partial charge is 0.342 e. The Morgan fingerprint density at radius 1 is 1.23 bits per heavy atom. The van der Waals surface area contributed by atoms with Crippen LogP contribution in [0.1, 0.15) is 38.4 Å². The number of piperidine rings is 1. The van der Waals surface area contributed by atoms with Crippen molar-refractivity contribution in [3.63, 3.8) is 0 Å². The summed E-state index contributed by atoms with van der Waals surface area (Å²) in [6.45, 7) is 10.1. The monoisotopic (exact) mass is 304 g/mol. The lowest BCUT2D eigenvalue weighted by atomic mass is 9.78. The fourth-order valence-electron chi connectivity index (χ4n) is 4.05. The summed E-state index contributed by atoms with van der Waals surface area (Å²) in [7, 11) is 0. The number of amides is 1. The number of likely N-dealkylation sites (tertiary alicyclic amines) is 2. The van der Waals surface area contributed by atoms with Crippen LogP contribution in [0.2, 0.25) is 0 Å². The average molecular weight is 304 g/mol. The van der Waals surface area contributed by atoms with Crippen LogP contribution in [0.4, 0.5) is 0 Å². The summed E-state index contributed by atoms with van der Waals surface area (Å²) in [4.78, 5) is 21.7. The van der Waals surface area contributed by atoms with Crippen LogP contribution < -0.4 is 0 Å². The first-order chi connectivity index (χ1) is 10.6. The van der Waals surface area contributed by atoms with Gasteiger partial charge in [0.25, 0.3) is 0 Å². The molecule has 0 N–H and O–H groups in total. The molecule has 122 valence electrons. The molecule has 1 amide bonds. The summed E-state index contributed by atoms with van der Waals surface area (Å²) in [5.74, 6) is 1.48. The van der Waals surface area contributed by atoms with Gasteiger partial charge in [-0.2, -0.15) is 0 Å². The topological polar surface area (TPSA) is 41.4 Å². The lowest BCUT2D eigenvalue weighted by Crippen LogP contribution is -2.50. The Morgan fingerprint density at radius 2 is 2.09 bits per heavy atom. The molecular weight excluding hydrogens is 276 g/mol. The van der Waals surface area contributed by atoms with Crippen LogP contribution in [-0.2, 0) is 11.3 Å².